The minimum atomic E-state index is -0.624. The standard InChI is InChI=1S/C21H16N4O3S/c1-12-8-9-25-16(10-12)22-11-15(20(25)28)19(27)24-21-23-17(18(29-21)13(2)26)14-6-4-3-5-7-14/h3-11H,1-2H3,(H,23,24,27). The number of hydrogen-bond acceptors (Lipinski definition) is 6. The lowest BCUT2D eigenvalue weighted by molar-refractivity contribution is 0.101. The summed E-state index contributed by atoms with van der Waals surface area (Å²) in [6.07, 6.45) is 2.84. The first kappa shape index (κ1) is 18.7. The van der Waals surface area contributed by atoms with Crippen LogP contribution < -0.4 is 10.9 Å². The summed E-state index contributed by atoms with van der Waals surface area (Å²) in [5.74, 6) is -0.773. The van der Waals surface area contributed by atoms with Crippen molar-refractivity contribution in [1.82, 2.24) is 14.4 Å². The van der Waals surface area contributed by atoms with Gasteiger partial charge < -0.3 is 0 Å². The first-order chi connectivity index (χ1) is 13.9. The Kier molecular flexibility index (Phi) is 4.77. The van der Waals surface area contributed by atoms with E-state index in [1.165, 1.54) is 17.5 Å². The summed E-state index contributed by atoms with van der Waals surface area (Å²) in [6.45, 7) is 3.35. The second kappa shape index (κ2) is 7.40. The monoisotopic (exact) mass is 404 g/mol. The quantitative estimate of drug-likeness (QED) is 0.525. The van der Waals surface area contributed by atoms with Crippen LogP contribution in [-0.2, 0) is 0 Å². The molecule has 0 atom stereocenters. The van der Waals surface area contributed by atoms with Gasteiger partial charge in [0.05, 0.1) is 10.6 Å². The number of nitrogens with one attached hydrogen (secondary N) is 1. The minimum Gasteiger partial charge on any atom is -0.298 e. The number of aryl methyl sites for hydroxylation is 1. The molecule has 3 aromatic heterocycles. The zero-order valence-corrected chi connectivity index (χ0v) is 16.5. The van der Waals surface area contributed by atoms with Crippen molar-refractivity contribution in [3.05, 3.63) is 81.2 Å². The van der Waals surface area contributed by atoms with E-state index < -0.39 is 11.5 Å². The molecular weight excluding hydrogens is 388 g/mol. The summed E-state index contributed by atoms with van der Waals surface area (Å²) in [6, 6.07) is 12.8. The third-order valence-corrected chi connectivity index (χ3v) is 5.40. The van der Waals surface area contributed by atoms with Crippen LogP contribution in [0.25, 0.3) is 16.9 Å². The second-order valence-corrected chi connectivity index (χ2v) is 7.48. The lowest BCUT2D eigenvalue weighted by atomic mass is 10.1. The third kappa shape index (κ3) is 3.57. The summed E-state index contributed by atoms with van der Waals surface area (Å²) < 4.78 is 1.32. The minimum absolute atomic E-state index is 0.104. The predicted octanol–water partition coefficient (Wildman–Crippen LogP) is 3.58. The van der Waals surface area contributed by atoms with Crippen LogP contribution in [0.4, 0.5) is 5.13 Å². The van der Waals surface area contributed by atoms with E-state index in [2.05, 4.69) is 15.3 Å². The highest BCUT2D eigenvalue weighted by Crippen LogP contribution is 2.31. The molecule has 1 N–H and O–H groups in total. The average molecular weight is 404 g/mol. The van der Waals surface area contributed by atoms with Gasteiger partial charge in [0.25, 0.3) is 11.5 Å². The van der Waals surface area contributed by atoms with E-state index in [4.69, 9.17) is 0 Å². The Balaban J connectivity index is 1.70. The van der Waals surface area contributed by atoms with E-state index >= 15 is 0 Å². The zero-order valence-electron chi connectivity index (χ0n) is 15.7. The molecule has 0 aliphatic rings. The van der Waals surface area contributed by atoms with Gasteiger partial charge in [0.1, 0.15) is 11.2 Å². The topological polar surface area (TPSA) is 93.4 Å². The third-order valence-electron chi connectivity index (χ3n) is 4.32. The van der Waals surface area contributed by atoms with Gasteiger partial charge in [-0.2, -0.15) is 0 Å². The molecule has 0 unspecified atom stereocenters. The van der Waals surface area contributed by atoms with Crippen LogP contribution >= 0.6 is 11.3 Å². The largest absolute Gasteiger partial charge is 0.298 e. The SMILES string of the molecule is CC(=O)c1sc(NC(=O)c2cnc3cc(C)ccn3c2=O)nc1-c1ccccc1. The van der Waals surface area contributed by atoms with Crippen LogP contribution in [0.2, 0.25) is 0 Å². The van der Waals surface area contributed by atoms with Crippen LogP contribution in [0, 0.1) is 6.92 Å². The van der Waals surface area contributed by atoms with Gasteiger partial charge in [-0.3, -0.25) is 24.1 Å². The maximum atomic E-state index is 12.7. The summed E-state index contributed by atoms with van der Waals surface area (Å²) in [4.78, 5) is 46.4. The van der Waals surface area contributed by atoms with Gasteiger partial charge in [-0.15, -0.1) is 0 Å². The van der Waals surface area contributed by atoms with Crippen molar-refractivity contribution in [2.24, 2.45) is 0 Å². The lowest BCUT2D eigenvalue weighted by Gasteiger charge is -2.04. The molecule has 0 saturated carbocycles. The first-order valence-corrected chi connectivity index (χ1v) is 9.62. The molecule has 7 nitrogen and oxygen atoms in total. The number of hydrogen-bond donors (Lipinski definition) is 1. The van der Waals surface area contributed by atoms with Crippen molar-refractivity contribution < 1.29 is 9.59 Å². The van der Waals surface area contributed by atoms with Crippen LogP contribution in [0.1, 0.15) is 32.5 Å². The first-order valence-electron chi connectivity index (χ1n) is 8.80. The van der Waals surface area contributed by atoms with Crippen molar-refractivity contribution in [2.75, 3.05) is 5.32 Å². The van der Waals surface area contributed by atoms with Crippen molar-refractivity contribution >= 4 is 33.8 Å². The molecule has 0 saturated heterocycles. The molecule has 8 heteroatoms. The highest BCUT2D eigenvalue weighted by atomic mass is 32.1. The van der Waals surface area contributed by atoms with Crippen molar-refractivity contribution in [2.45, 2.75) is 13.8 Å². The molecule has 1 aromatic carbocycles. The normalized spacial score (nSPS) is 10.8. The maximum Gasteiger partial charge on any atom is 0.270 e. The van der Waals surface area contributed by atoms with Crippen LogP contribution in [0.15, 0.2) is 59.7 Å². The smallest absolute Gasteiger partial charge is 0.270 e. The van der Waals surface area contributed by atoms with E-state index in [1.807, 2.05) is 37.3 Å². The zero-order chi connectivity index (χ0) is 20.5. The fraction of sp³-hybridized carbons (Fsp3) is 0.0952. The molecule has 0 bridgehead atoms. The van der Waals surface area contributed by atoms with Gasteiger partial charge in [-0.05, 0) is 24.6 Å². The van der Waals surface area contributed by atoms with Crippen molar-refractivity contribution in [3.63, 3.8) is 0 Å². The number of pyridine rings is 1. The van der Waals surface area contributed by atoms with E-state index in [0.717, 1.165) is 22.5 Å². The average Bonchev–Trinajstić information content (AvgIpc) is 3.13. The lowest BCUT2D eigenvalue weighted by Crippen LogP contribution is -2.26. The van der Waals surface area contributed by atoms with E-state index in [9.17, 15) is 14.4 Å². The number of rotatable bonds is 4. The Morgan fingerprint density at radius 1 is 1.14 bits per heavy atom. The molecule has 4 aromatic rings. The number of Topliss-reactive ketones (excluding diaryl/α,β-unsaturated/α-hetero) is 1. The summed E-state index contributed by atoms with van der Waals surface area (Å²) >= 11 is 1.08. The Labute approximate surface area is 169 Å². The summed E-state index contributed by atoms with van der Waals surface area (Å²) in [7, 11) is 0. The fourth-order valence-electron chi connectivity index (χ4n) is 2.90. The van der Waals surface area contributed by atoms with Crippen LogP contribution in [0.5, 0.6) is 0 Å². The Bertz CT molecular complexity index is 1310. The van der Waals surface area contributed by atoms with Gasteiger partial charge >= 0.3 is 0 Å². The predicted molar refractivity (Wildman–Crippen MR) is 112 cm³/mol. The number of anilines is 1. The molecule has 29 heavy (non-hydrogen) atoms. The number of aromatic nitrogens is 3. The Hall–Kier alpha value is -3.65. The number of thiazole rings is 1. The Morgan fingerprint density at radius 3 is 2.62 bits per heavy atom. The molecule has 4 rings (SSSR count). The van der Waals surface area contributed by atoms with Crippen molar-refractivity contribution in [3.8, 4) is 11.3 Å². The summed E-state index contributed by atoms with van der Waals surface area (Å²) in [5, 5.41) is 2.87. The molecule has 0 fully saturated rings. The summed E-state index contributed by atoms with van der Waals surface area (Å²) in [5.41, 5.74) is 2.12. The number of carbonyl (C=O) groups excluding carboxylic acids is 2. The van der Waals surface area contributed by atoms with Crippen LogP contribution in [0.3, 0.4) is 0 Å². The molecule has 3 heterocycles. The molecule has 1 amide bonds. The number of benzene rings is 1. The highest BCUT2D eigenvalue weighted by molar-refractivity contribution is 7.18. The van der Waals surface area contributed by atoms with Gasteiger partial charge in [0.2, 0.25) is 0 Å². The number of fused-ring (bicyclic) bond motifs is 1. The molecule has 0 radical (unpaired) electrons. The molecule has 0 aliphatic carbocycles. The van der Waals surface area contributed by atoms with Crippen LogP contribution in [-0.4, -0.2) is 26.1 Å². The number of carbonyl (C=O) groups is 2. The molecule has 144 valence electrons. The van der Waals surface area contributed by atoms with E-state index in [1.54, 1.807) is 18.3 Å². The maximum absolute atomic E-state index is 12.7. The molecule has 0 aliphatic heterocycles. The fourth-order valence-corrected chi connectivity index (χ4v) is 3.78. The number of nitrogens with zero attached hydrogens (tertiary/aromatic N) is 3. The van der Waals surface area contributed by atoms with E-state index in [-0.39, 0.29) is 16.5 Å². The van der Waals surface area contributed by atoms with Gasteiger partial charge in [0, 0.05) is 24.9 Å². The highest BCUT2D eigenvalue weighted by Gasteiger charge is 2.20. The van der Waals surface area contributed by atoms with Crippen molar-refractivity contribution in [1.29, 1.82) is 0 Å². The second-order valence-electron chi connectivity index (χ2n) is 6.48. The number of amides is 1. The Morgan fingerprint density at radius 2 is 1.90 bits per heavy atom. The van der Waals surface area contributed by atoms with E-state index in [0.29, 0.717) is 16.2 Å². The van der Waals surface area contributed by atoms with Gasteiger partial charge in [-0.25, -0.2) is 9.97 Å². The van der Waals surface area contributed by atoms with Gasteiger partial charge in [-0.1, -0.05) is 41.7 Å². The number of ketones is 1. The van der Waals surface area contributed by atoms with Gasteiger partial charge in [0.15, 0.2) is 10.9 Å². The molecule has 0 spiro atoms. The molecular formula is C21H16N4O3S.